The molecule has 0 unspecified atom stereocenters. The van der Waals surface area contributed by atoms with Crippen LogP contribution in [0.5, 0.6) is 5.75 Å². The number of hydrogen-bond acceptors (Lipinski definition) is 4. The van der Waals surface area contributed by atoms with Gasteiger partial charge in [0.25, 0.3) is 0 Å². The number of aliphatic hydroxyl groups is 1. The highest BCUT2D eigenvalue weighted by atomic mass is 16.5. The summed E-state index contributed by atoms with van der Waals surface area (Å²) in [5.74, 6) is 0.809. The number of nitrogens with zero attached hydrogens (tertiary/aromatic N) is 1. The second-order valence-corrected chi connectivity index (χ2v) is 3.51. The van der Waals surface area contributed by atoms with Crippen LogP contribution in [0.3, 0.4) is 0 Å². The molecule has 0 atom stereocenters. The summed E-state index contributed by atoms with van der Waals surface area (Å²) in [6.07, 6.45) is 1.76. The van der Waals surface area contributed by atoms with E-state index in [9.17, 15) is 0 Å². The molecule has 0 saturated carbocycles. The molecule has 17 heavy (non-hydrogen) atoms. The maximum atomic E-state index is 8.55. The molecule has 2 aromatic rings. The van der Waals surface area contributed by atoms with Gasteiger partial charge in [-0.25, -0.2) is 0 Å². The van der Waals surface area contributed by atoms with Gasteiger partial charge in [-0.3, -0.25) is 4.98 Å². The second kappa shape index (κ2) is 6.18. The van der Waals surface area contributed by atoms with Crippen molar-refractivity contribution in [1.29, 1.82) is 0 Å². The first-order valence-electron chi connectivity index (χ1n) is 5.57. The fourth-order valence-corrected chi connectivity index (χ4v) is 1.58. The molecule has 0 spiro atoms. The van der Waals surface area contributed by atoms with Crippen molar-refractivity contribution in [3.8, 4) is 5.75 Å². The summed E-state index contributed by atoms with van der Waals surface area (Å²) in [6.45, 7) is 1.32. The van der Waals surface area contributed by atoms with E-state index in [2.05, 4.69) is 4.98 Å². The Kier molecular flexibility index (Phi) is 4.30. The van der Waals surface area contributed by atoms with Crippen LogP contribution in [0.2, 0.25) is 0 Å². The zero-order chi connectivity index (χ0) is 11.9. The molecule has 1 aromatic heterocycles. The summed E-state index contributed by atoms with van der Waals surface area (Å²) in [5.41, 5.74) is 0.918. The number of benzene rings is 1. The van der Waals surface area contributed by atoms with Gasteiger partial charge in [0.2, 0.25) is 0 Å². The Morgan fingerprint density at radius 3 is 2.88 bits per heavy atom. The van der Waals surface area contributed by atoms with Crippen molar-refractivity contribution in [2.45, 2.75) is 0 Å². The molecule has 0 radical (unpaired) electrons. The minimum atomic E-state index is 0.0399. The summed E-state index contributed by atoms with van der Waals surface area (Å²) in [5, 5.41) is 9.55. The smallest absolute Gasteiger partial charge is 0.128 e. The van der Waals surface area contributed by atoms with E-state index < -0.39 is 0 Å². The number of pyridine rings is 1. The lowest BCUT2D eigenvalue weighted by molar-refractivity contribution is 0.0708. The molecular formula is C13H15NO3. The number of ether oxygens (including phenoxy) is 2. The Balaban J connectivity index is 1.98. The Morgan fingerprint density at radius 1 is 1.06 bits per heavy atom. The lowest BCUT2D eigenvalue weighted by Gasteiger charge is -2.08. The van der Waals surface area contributed by atoms with Crippen molar-refractivity contribution in [3.63, 3.8) is 0 Å². The topological polar surface area (TPSA) is 51.6 Å². The average molecular weight is 233 g/mol. The summed E-state index contributed by atoms with van der Waals surface area (Å²) in [6, 6.07) is 9.64. The first kappa shape index (κ1) is 11.8. The van der Waals surface area contributed by atoms with Gasteiger partial charge in [0.15, 0.2) is 0 Å². The molecule has 4 heteroatoms. The van der Waals surface area contributed by atoms with Crippen molar-refractivity contribution in [2.75, 3.05) is 26.4 Å². The highest BCUT2D eigenvalue weighted by Gasteiger charge is 2.01. The first-order valence-corrected chi connectivity index (χ1v) is 5.57. The van der Waals surface area contributed by atoms with Crippen molar-refractivity contribution >= 4 is 10.9 Å². The molecule has 1 aromatic carbocycles. The minimum Gasteiger partial charge on any atom is -0.490 e. The van der Waals surface area contributed by atoms with Gasteiger partial charge in [-0.1, -0.05) is 6.07 Å². The van der Waals surface area contributed by atoms with E-state index in [0.29, 0.717) is 19.8 Å². The van der Waals surface area contributed by atoms with Gasteiger partial charge in [0.1, 0.15) is 12.4 Å². The van der Waals surface area contributed by atoms with Gasteiger partial charge in [0, 0.05) is 11.6 Å². The van der Waals surface area contributed by atoms with Crippen molar-refractivity contribution < 1.29 is 14.6 Å². The standard InChI is InChI=1S/C13H15NO3/c15-7-8-16-9-10-17-13-5-1-4-12-11(13)3-2-6-14-12/h1-6,15H,7-10H2. The number of fused-ring (bicyclic) bond motifs is 1. The van der Waals surface area contributed by atoms with Gasteiger partial charge in [0.05, 0.1) is 25.3 Å². The van der Waals surface area contributed by atoms with Gasteiger partial charge >= 0.3 is 0 Å². The van der Waals surface area contributed by atoms with Crippen LogP contribution in [0.25, 0.3) is 10.9 Å². The van der Waals surface area contributed by atoms with Crippen molar-refractivity contribution in [3.05, 3.63) is 36.5 Å². The van der Waals surface area contributed by atoms with Crippen LogP contribution < -0.4 is 4.74 Å². The molecule has 4 nitrogen and oxygen atoms in total. The summed E-state index contributed by atoms with van der Waals surface area (Å²) < 4.78 is 10.7. The maximum absolute atomic E-state index is 8.55. The zero-order valence-electron chi connectivity index (χ0n) is 9.50. The predicted octanol–water partition coefficient (Wildman–Crippen LogP) is 1.62. The van der Waals surface area contributed by atoms with E-state index in [0.717, 1.165) is 16.7 Å². The highest BCUT2D eigenvalue weighted by Crippen LogP contribution is 2.23. The van der Waals surface area contributed by atoms with Crippen molar-refractivity contribution in [1.82, 2.24) is 4.98 Å². The van der Waals surface area contributed by atoms with Gasteiger partial charge < -0.3 is 14.6 Å². The Morgan fingerprint density at radius 2 is 2.00 bits per heavy atom. The zero-order valence-corrected chi connectivity index (χ0v) is 9.50. The molecule has 0 aliphatic rings. The first-order chi connectivity index (χ1) is 8.42. The Hall–Kier alpha value is -1.65. The van der Waals surface area contributed by atoms with E-state index in [1.54, 1.807) is 6.20 Å². The molecule has 1 heterocycles. The summed E-state index contributed by atoms with van der Waals surface area (Å²) in [4.78, 5) is 4.26. The van der Waals surface area contributed by atoms with Crippen LogP contribution in [-0.2, 0) is 4.74 Å². The Labute approximate surface area is 99.8 Å². The van der Waals surface area contributed by atoms with Gasteiger partial charge in [-0.15, -0.1) is 0 Å². The van der Waals surface area contributed by atoms with Crippen molar-refractivity contribution in [2.24, 2.45) is 0 Å². The molecule has 2 rings (SSSR count). The van der Waals surface area contributed by atoms with E-state index in [1.807, 2.05) is 30.3 Å². The Bertz CT molecular complexity index is 468. The molecule has 0 saturated heterocycles. The lowest BCUT2D eigenvalue weighted by atomic mass is 10.2. The maximum Gasteiger partial charge on any atom is 0.128 e. The molecule has 0 fully saturated rings. The van der Waals surface area contributed by atoms with Crippen LogP contribution in [0.1, 0.15) is 0 Å². The van der Waals surface area contributed by atoms with E-state index >= 15 is 0 Å². The molecule has 0 amide bonds. The van der Waals surface area contributed by atoms with Crippen LogP contribution in [0, 0.1) is 0 Å². The normalized spacial score (nSPS) is 10.6. The third-order valence-corrected chi connectivity index (χ3v) is 2.33. The number of aliphatic hydroxyl groups excluding tert-OH is 1. The van der Waals surface area contributed by atoms with Crippen LogP contribution in [0.15, 0.2) is 36.5 Å². The summed E-state index contributed by atoms with van der Waals surface area (Å²) in [7, 11) is 0. The van der Waals surface area contributed by atoms with Crippen LogP contribution in [0.4, 0.5) is 0 Å². The number of hydrogen-bond donors (Lipinski definition) is 1. The fraction of sp³-hybridized carbons (Fsp3) is 0.308. The van der Waals surface area contributed by atoms with E-state index in [-0.39, 0.29) is 6.61 Å². The van der Waals surface area contributed by atoms with Gasteiger partial charge in [-0.05, 0) is 24.3 Å². The third-order valence-electron chi connectivity index (χ3n) is 2.33. The molecule has 0 aliphatic heterocycles. The third kappa shape index (κ3) is 3.15. The van der Waals surface area contributed by atoms with Crippen LogP contribution in [-0.4, -0.2) is 36.5 Å². The number of aromatic nitrogens is 1. The van der Waals surface area contributed by atoms with Gasteiger partial charge in [-0.2, -0.15) is 0 Å². The lowest BCUT2D eigenvalue weighted by Crippen LogP contribution is -2.09. The average Bonchev–Trinajstić information content (AvgIpc) is 2.39. The summed E-state index contributed by atoms with van der Waals surface area (Å²) >= 11 is 0. The van der Waals surface area contributed by atoms with E-state index in [4.69, 9.17) is 14.6 Å². The van der Waals surface area contributed by atoms with E-state index in [1.165, 1.54) is 0 Å². The molecular weight excluding hydrogens is 218 g/mol. The minimum absolute atomic E-state index is 0.0399. The molecule has 1 N–H and O–H groups in total. The monoisotopic (exact) mass is 233 g/mol. The highest BCUT2D eigenvalue weighted by molar-refractivity contribution is 5.84. The predicted molar refractivity (Wildman–Crippen MR) is 65.1 cm³/mol. The number of rotatable bonds is 6. The fourth-order valence-electron chi connectivity index (χ4n) is 1.58. The second-order valence-electron chi connectivity index (χ2n) is 3.51. The van der Waals surface area contributed by atoms with Crippen LogP contribution >= 0.6 is 0 Å². The SMILES string of the molecule is OCCOCCOc1cccc2ncccc12. The quantitative estimate of drug-likeness (QED) is 0.770. The molecule has 0 aliphatic carbocycles. The molecule has 90 valence electrons. The molecule has 0 bridgehead atoms. The largest absolute Gasteiger partial charge is 0.490 e.